The minimum absolute atomic E-state index is 0.857. The predicted molar refractivity (Wildman–Crippen MR) is 85.1 cm³/mol. The second-order valence-corrected chi connectivity index (χ2v) is 5.81. The lowest BCUT2D eigenvalue weighted by atomic mass is 10.1. The molecule has 0 radical (unpaired) electrons. The summed E-state index contributed by atoms with van der Waals surface area (Å²) in [6, 6.07) is 10.6. The van der Waals surface area contributed by atoms with Crippen LogP contribution in [0.25, 0.3) is 0 Å². The highest BCUT2D eigenvalue weighted by atomic mass is 16.5. The number of rotatable bonds is 9. The second kappa shape index (κ2) is 9.95. The van der Waals surface area contributed by atoms with Gasteiger partial charge in [-0.05, 0) is 63.7 Å². The van der Waals surface area contributed by atoms with E-state index in [9.17, 15) is 0 Å². The van der Waals surface area contributed by atoms with E-state index in [4.69, 9.17) is 4.74 Å². The molecule has 0 spiro atoms. The number of ether oxygens (including phenoxy) is 1. The van der Waals surface area contributed by atoms with Crippen molar-refractivity contribution < 1.29 is 4.74 Å². The first-order valence-corrected chi connectivity index (χ1v) is 8.29. The Bertz CT molecular complexity index is 333. The Morgan fingerprint density at radius 2 is 1.65 bits per heavy atom. The summed E-state index contributed by atoms with van der Waals surface area (Å²) in [7, 11) is 0. The minimum Gasteiger partial charge on any atom is -0.381 e. The summed E-state index contributed by atoms with van der Waals surface area (Å²) < 4.78 is 5.72. The molecule has 1 aromatic rings. The first-order chi connectivity index (χ1) is 9.95. The SMILES string of the molecule is c1ccc(CCOCCCCCN2CCCCC2)cc1. The molecule has 112 valence electrons. The maximum absolute atomic E-state index is 5.72. The van der Waals surface area contributed by atoms with E-state index < -0.39 is 0 Å². The highest BCUT2D eigenvalue weighted by Gasteiger charge is 2.08. The van der Waals surface area contributed by atoms with Crippen LogP contribution in [0.4, 0.5) is 0 Å². The van der Waals surface area contributed by atoms with Crippen molar-refractivity contribution in [3.63, 3.8) is 0 Å². The third-order valence-electron chi connectivity index (χ3n) is 4.09. The third-order valence-corrected chi connectivity index (χ3v) is 4.09. The zero-order valence-corrected chi connectivity index (χ0v) is 12.7. The summed E-state index contributed by atoms with van der Waals surface area (Å²) in [5, 5.41) is 0. The largest absolute Gasteiger partial charge is 0.381 e. The maximum Gasteiger partial charge on any atom is 0.0506 e. The van der Waals surface area contributed by atoms with Gasteiger partial charge in [0.25, 0.3) is 0 Å². The summed E-state index contributed by atoms with van der Waals surface area (Å²) in [6.07, 6.45) is 9.14. The van der Waals surface area contributed by atoms with E-state index in [-0.39, 0.29) is 0 Å². The average molecular weight is 275 g/mol. The van der Waals surface area contributed by atoms with Gasteiger partial charge in [0.15, 0.2) is 0 Å². The predicted octanol–water partition coefficient (Wildman–Crippen LogP) is 3.90. The fourth-order valence-corrected chi connectivity index (χ4v) is 2.84. The third kappa shape index (κ3) is 6.53. The molecule has 0 amide bonds. The quantitative estimate of drug-likeness (QED) is 0.634. The zero-order chi connectivity index (χ0) is 13.9. The van der Waals surface area contributed by atoms with E-state index in [0.29, 0.717) is 0 Å². The van der Waals surface area contributed by atoms with Gasteiger partial charge in [-0.15, -0.1) is 0 Å². The molecule has 0 bridgehead atoms. The van der Waals surface area contributed by atoms with Gasteiger partial charge in [-0.2, -0.15) is 0 Å². The van der Waals surface area contributed by atoms with Crippen molar-refractivity contribution in [2.24, 2.45) is 0 Å². The zero-order valence-electron chi connectivity index (χ0n) is 12.7. The van der Waals surface area contributed by atoms with Gasteiger partial charge in [0.1, 0.15) is 0 Å². The van der Waals surface area contributed by atoms with Crippen LogP contribution < -0.4 is 0 Å². The van der Waals surface area contributed by atoms with Gasteiger partial charge in [-0.3, -0.25) is 0 Å². The first kappa shape index (κ1) is 15.5. The van der Waals surface area contributed by atoms with Gasteiger partial charge in [-0.25, -0.2) is 0 Å². The van der Waals surface area contributed by atoms with Crippen molar-refractivity contribution in [3.05, 3.63) is 35.9 Å². The molecule has 2 heteroatoms. The van der Waals surface area contributed by atoms with E-state index >= 15 is 0 Å². The van der Waals surface area contributed by atoms with Gasteiger partial charge in [0.05, 0.1) is 6.61 Å². The summed E-state index contributed by atoms with van der Waals surface area (Å²) in [5.74, 6) is 0. The van der Waals surface area contributed by atoms with Gasteiger partial charge >= 0.3 is 0 Å². The smallest absolute Gasteiger partial charge is 0.0506 e. The van der Waals surface area contributed by atoms with Crippen molar-refractivity contribution in [2.45, 2.75) is 44.9 Å². The van der Waals surface area contributed by atoms with Crippen molar-refractivity contribution >= 4 is 0 Å². The fourth-order valence-electron chi connectivity index (χ4n) is 2.84. The van der Waals surface area contributed by atoms with Crippen molar-refractivity contribution in [2.75, 3.05) is 32.8 Å². The Kier molecular flexibility index (Phi) is 7.73. The van der Waals surface area contributed by atoms with E-state index in [2.05, 4.69) is 35.2 Å². The van der Waals surface area contributed by atoms with Gasteiger partial charge < -0.3 is 9.64 Å². The molecule has 1 aliphatic heterocycles. The molecule has 1 fully saturated rings. The number of piperidine rings is 1. The molecule has 1 aliphatic rings. The van der Waals surface area contributed by atoms with Crippen LogP contribution in [0.15, 0.2) is 30.3 Å². The average Bonchev–Trinajstić information content (AvgIpc) is 2.52. The maximum atomic E-state index is 5.72. The van der Waals surface area contributed by atoms with Crippen LogP contribution >= 0.6 is 0 Å². The normalized spacial score (nSPS) is 16.4. The summed E-state index contributed by atoms with van der Waals surface area (Å²) in [6.45, 7) is 5.73. The highest BCUT2D eigenvalue weighted by molar-refractivity contribution is 5.14. The molecule has 0 atom stereocenters. The van der Waals surface area contributed by atoms with Crippen LogP contribution in [0.2, 0.25) is 0 Å². The highest BCUT2D eigenvalue weighted by Crippen LogP contribution is 2.10. The minimum atomic E-state index is 0.857. The van der Waals surface area contributed by atoms with Gasteiger partial charge in [-0.1, -0.05) is 36.8 Å². The number of unbranched alkanes of at least 4 members (excludes halogenated alkanes) is 2. The van der Waals surface area contributed by atoms with Crippen molar-refractivity contribution in [1.29, 1.82) is 0 Å². The van der Waals surface area contributed by atoms with Crippen molar-refractivity contribution in [3.8, 4) is 0 Å². The molecule has 0 N–H and O–H groups in total. The lowest BCUT2D eigenvalue weighted by molar-refractivity contribution is 0.131. The van der Waals surface area contributed by atoms with Crippen LogP contribution in [0.3, 0.4) is 0 Å². The Balaban J connectivity index is 1.38. The molecule has 2 nitrogen and oxygen atoms in total. The number of benzene rings is 1. The van der Waals surface area contributed by atoms with Crippen molar-refractivity contribution in [1.82, 2.24) is 4.90 Å². The summed E-state index contributed by atoms with van der Waals surface area (Å²) in [5.41, 5.74) is 1.37. The van der Waals surface area contributed by atoms with E-state index in [1.807, 2.05) is 0 Å². The van der Waals surface area contributed by atoms with Crippen LogP contribution in [0.1, 0.15) is 44.1 Å². The van der Waals surface area contributed by atoms with Crippen LogP contribution in [0.5, 0.6) is 0 Å². The Hall–Kier alpha value is -0.860. The number of hydrogen-bond donors (Lipinski definition) is 0. The molecule has 1 heterocycles. The van der Waals surface area contributed by atoms with Crippen LogP contribution in [-0.2, 0) is 11.2 Å². The van der Waals surface area contributed by atoms with E-state index in [1.165, 1.54) is 63.7 Å². The second-order valence-electron chi connectivity index (χ2n) is 5.81. The van der Waals surface area contributed by atoms with Crippen LogP contribution in [0, 0.1) is 0 Å². The Morgan fingerprint density at radius 3 is 2.45 bits per heavy atom. The lowest BCUT2D eigenvalue weighted by Crippen LogP contribution is -2.30. The molecule has 0 aromatic heterocycles. The molecule has 0 unspecified atom stereocenters. The molecule has 1 aromatic carbocycles. The van der Waals surface area contributed by atoms with Gasteiger partial charge in [0.2, 0.25) is 0 Å². The molecular formula is C18H29NO. The standard InChI is InChI=1S/C18H29NO/c1-4-10-18(11-5-1)12-17-20-16-9-3-8-15-19-13-6-2-7-14-19/h1,4-5,10-11H,2-3,6-9,12-17H2. The molecule has 0 aliphatic carbocycles. The monoisotopic (exact) mass is 275 g/mol. The van der Waals surface area contributed by atoms with E-state index in [0.717, 1.165) is 19.6 Å². The number of nitrogens with zero attached hydrogens (tertiary/aromatic N) is 1. The van der Waals surface area contributed by atoms with E-state index in [1.54, 1.807) is 0 Å². The molecule has 1 saturated heterocycles. The first-order valence-electron chi connectivity index (χ1n) is 8.29. The Morgan fingerprint density at radius 1 is 0.850 bits per heavy atom. The lowest BCUT2D eigenvalue weighted by Gasteiger charge is -2.26. The summed E-state index contributed by atoms with van der Waals surface area (Å²) in [4.78, 5) is 2.62. The van der Waals surface area contributed by atoms with Crippen LogP contribution in [-0.4, -0.2) is 37.7 Å². The fraction of sp³-hybridized carbons (Fsp3) is 0.667. The number of hydrogen-bond acceptors (Lipinski definition) is 2. The summed E-state index contributed by atoms with van der Waals surface area (Å²) >= 11 is 0. The topological polar surface area (TPSA) is 12.5 Å². The van der Waals surface area contributed by atoms with Gasteiger partial charge in [0, 0.05) is 6.61 Å². The number of likely N-dealkylation sites (tertiary alicyclic amines) is 1. The molecular weight excluding hydrogens is 246 g/mol. The molecule has 2 rings (SSSR count). The molecule has 0 saturated carbocycles. The Labute approximate surface area is 124 Å². The molecule has 20 heavy (non-hydrogen) atoms.